The quantitative estimate of drug-likeness (QED) is 0.650. The Hall–Kier alpha value is -2.35. The van der Waals surface area contributed by atoms with Crippen molar-refractivity contribution < 1.29 is 0 Å². The van der Waals surface area contributed by atoms with Crippen LogP contribution < -0.4 is 5.73 Å². The topological polar surface area (TPSA) is 38.9 Å². The van der Waals surface area contributed by atoms with Gasteiger partial charge in [-0.3, -0.25) is 4.98 Å². The van der Waals surface area contributed by atoms with E-state index in [0.717, 1.165) is 16.6 Å². The summed E-state index contributed by atoms with van der Waals surface area (Å²) < 4.78 is 0. The van der Waals surface area contributed by atoms with E-state index in [0.29, 0.717) is 0 Å². The zero-order valence-electron chi connectivity index (χ0n) is 10.2. The number of aromatic nitrogens is 1. The molecule has 0 aliphatic carbocycles. The first kappa shape index (κ1) is 10.8. The molecule has 3 aromatic rings. The van der Waals surface area contributed by atoms with Crippen LogP contribution in [-0.4, -0.2) is 4.98 Å². The van der Waals surface area contributed by atoms with Crippen molar-refractivity contribution in [2.75, 3.05) is 5.73 Å². The highest BCUT2D eigenvalue weighted by Gasteiger charge is 2.04. The third-order valence-corrected chi connectivity index (χ3v) is 3.09. The molecule has 2 aromatic carbocycles. The van der Waals surface area contributed by atoms with E-state index in [4.69, 9.17) is 5.73 Å². The van der Waals surface area contributed by atoms with Gasteiger partial charge in [0.25, 0.3) is 0 Å². The molecule has 0 spiro atoms. The van der Waals surface area contributed by atoms with E-state index in [1.165, 1.54) is 16.5 Å². The smallest absolute Gasteiger partial charge is 0.0346 e. The standard InChI is InChI=1S/C16H14N2/c1-11-7-13(9-14(17)8-11)15-4-2-3-12-10-18-6-5-16(12)15/h2-10H,17H2,1H3. The molecule has 0 atom stereocenters. The summed E-state index contributed by atoms with van der Waals surface area (Å²) in [6.45, 7) is 2.06. The molecular formula is C16H14N2. The van der Waals surface area contributed by atoms with Crippen molar-refractivity contribution >= 4 is 16.5 Å². The fraction of sp³-hybridized carbons (Fsp3) is 0.0625. The Balaban J connectivity index is 2.31. The minimum atomic E-state index is 0.802. The number of hydrogen-bond acceptors (Lipinski definition) is 2. The maximum absolute atomic E-state index is 5.93. The molecule has 0 aliphatic rings. The van der Waals surface area contributed by atoms with Gasteiger partial charge in [-0.05, 0) is 47.2 Å². The molecule has 2 nitrogen and oxygen atoms in total. The zero-order chi connectivity index (χ0) is 12.5. The summed E-state index contributed by atoms with van der Waals surface area (Å²) in [5.74, 6) is 0. The fourth-order valence-corrected chi connectivity index (χ4v) is 2.34. The van der Waals surface area contributed by atoms with E-state index in [1.807, 2.05) is 30.6 Å². The van der Waals surface area contributed by atoms with E-state index < -0.39 is 0 Å². The Morgan fingerprint density at radius 3 is 2.78 bits per heavy atom. The monoisotopic (exact) mass is 234 g/mol. The molecule has 0 fully saturated rings. The van der Waals surface area contributed by atoms with Crippen molar-refractivity contribution in [3.05, 3.63) is 60.4 Å². The van der Waals surface area contributed by atoms with Gasteiger partial charge in [0.2, 0.25) is 0 Å². The summed E-state index contributed by atoms with van der Waals surface area (Å²) in [6, 6.07) is 14.5. The van der Waals surface area contributed by atoms with Crippen molar-refractivity contribution in [3.63, 3.8) is 0 Å². The van der Waals surface area contributed by atoms with Crippen molar-refractivity contribution in [1.29, 1.82) is 0 Å². The van der Waals surface area contributed by atoms with E-state index in [9.17, 15) is 0 Å². The summed E-state index contributed by atoms with van der Waals surface area (Å²) in [7, 11) is 0. The van der Waals surface area contributed by atoms with Gasteiger partial charge in [-0.15, -0.1) is 0 Å². The van der Waals surface area contributed by atoms with E-state index >= 15 is 0 Å². The Bertz CT molecular complexity index is 692. The van der Waals surface area contributed by atoms with Gasteiger partial charge in [0.15, 0.2) is 0 Å². The van der Waals surface area contributed by atoms with Gasteiger partial charge in [0, 0.05) is 23.5 Å². The highest BCUT2D eigenvalue weighted by molar-refractivity contribution is 5.96. The molecule has 0 unspecified atom stereocenters. The molecular weight excluding hydrogens is 220 g/mol. The van der Waals surface area contributed by atoms with Gasteiger partial charge in [-0.2, -0.15) is 0 Å². The molecule has 0 aliphatic heterocycles. The van der Waals surface area contributed by atoms with E-state index in [2.05, 4.69) is 36.2 Å². The van der Waals surface area contributed by atoms with Crippen LogP contribution in [0.2, 0.25) is 0 Å². The number of fused-ring (bicyclic) bond motifs is 1. The van der Waals surface area contributed by atoms with Crippen LogP contribution >= 0.6 is 0 Å². The van der Waals surface area contributed by atoms with Crippen LogP contribution in [0.5, 0.6) is 0 Å². The lowest BCUT2D eigenvalue weighted by atomic mass is 9.98. The van der Waals surface area contributed by atoms with Crippen LogP contribution in [0.1, 0.15) is 5.56 Å². The predicted molar refractivity (Wildman–Crippen MR) is 76.3 cm³/mol. The second kappa shape index (κ2) is 4.15. The number of nitrogens with two attached hydrogens (primary N) is 1. The molecule has 1 heterocycles. The maximum atomic E-state index is 5.93. The van der Waals surface area contributed by atoms with Crippen LogP contribution in [0.4, 0.5) is 5.69 Å². The van der Waals surface area contributed by atoms with Crippen LogP contribution in [-0.2, 0) is 0 Å². The van der Waals surface area contributed by atoms with Crippen molar-refractivity contribution in [3.8, 4) is 11.1 Å². The highest BCUT2D eigenvalue weighted by atomic mass is 14.6. The SMILES string of the molecule is Cc1cc(N)cc(-c2cccc3cnccc23)c1. The van der Waals surface area contributed by atoms with Crippen LogP contribution in [0.3, 0.4) is 0 Å². The van der Waals surface area contributed by atoms with Crippen LogP contribution in [0.15, 0.2) is 54.9 Å². The molecule has 0 radical (unpaired) electrons. The lowest BCUT2D eigenvalue weighted by molar-refractivity contribution is 1.36. The first-order chi connectivity index (χ1) is 8.74. The van der Waals surface area contributed by atoms with E-state index in [-0.39, 0.29) is 0 Å². The van der Waals surface area contributed by atoms with Crippen LogP contribution in [0.25, 0.3) is 21.9 Å². The Kier molecular flexibility index (Phi) is 2.49. The number of nitrogens with zero attached hydrogens (tertiary/aromatic N) is 1. The highest BCUT2D eigenvalue weighted by Crippen LogP contribution is 2.29. The second-order valence-corrected chi connectivity index (χ2v) is 4.53. The predicted octanol–water partition coefficient (Wildman–Crippen LogP) is 3.79. The number of anilines is 1. The van der Waals surface area contributed by atoms with Gasteiger partial charge < -0.3 is 5.73 Å². The summed E-state index contributed by atoms with van der Waals surface area (Å²) in [6.07, 6.45) is 3.71. The van der Waals surface area contributed by atoms with Gasteiger partial charge in [-0.25, -0.2) is 0 Å². The molecule has 0 saturated carbocycles. The third kappa shape index (κ3) is 1.82. The minimum Gasteiger partial charge on any atom is -0.399 e. The van der Waals surface area contributed by atoms with E-state index in [1.54, 1.807) is 0 Å². The van der Waals surface area contributed by atoms with Gasteiger partial charge in [0.1, 0.15) is 0 Å². The number of pyridine rings is 1. The number of nitrogen functional groups attached to an aromatic ring is 1. The molecule has 88 valence electrons. The van der Waals surface area contributed by atoms with Crippen molar-refractivity contribution in [2.45, 2.75) is 6.92 Å². The molecule has 2 heteroatoms. The summed E-state index contributed by atoms with van der Waals surface area (Å²) in [5.41, 5.74) is 10.3. The number of aryl methyl sites for hydroxylation is 1. The molecule has 0 bridgehead atoms. The first-order valence-electron chi connectivity index (χ1n) is 5.94. The lowest BCUT2D eigenvalue weighted by Gasteiger charge is -2.08. The largest absolute Gasteiger partial charge is 0.399 e. The summed E-state index contributed by atoms with van der Waals surface area (Å²) in [5, 5.41) is 2.35. The van der Waals surface area contributed by atoms with Crippen molar-refractivity contribution in [2.24, 2.45) is 0 Å². The summed E-state index contributed by atoms with van der Waals surface area (Å²) >= 11 is 0. The first-order valence-corrected chi connectivity index (χ1v) is 5.94. The Morgan fingerprint density at radius 1 is 1.06 bits per heavy atom. The number of benzene rings is 2. The normalized spacial score (nSPS) is 10.7. The number of hydrogen-bond donors (Lipinski definition) is 1. The van der Waals surface area contributed by atoms with Gasteiger partial charge in [-0.1, -0.05) is 24.3 Å². The molecule has 2 N–H and O–H groups in total. The molecule has 18 heavy (non-hydrogen) atoms. The fourth-order valence-electron chi connectivity index (χ4n) is 2.34. The minimum absolute atomic E-state index is 0.802. The third-order valence-electron chi connectivity index (χ3n) is 3.09. The molecule has 0 amide bonds. The van der Waals surface area contributed by atoms with Gasteiger partial charge >= 0.3 is 0 Å². The maximum Gasteiger partial charge on any atom is 0.0346 e. The Morgan fingerprint density at radius 2 is 1.94 bits per heavy atom. The second-order valence-electron chi connectivity index (χ2n) is 4.53. The molecule has 0 saturated heterocycles. The van der Waals surface area contributed by atoms with Crippen molar-refractivity contribution in [1.82, 2.24) is 4.98 Å². The zero-order valence-corrected chi connectivity index (χ0v) is 10.2. The van der Waals surface area contributed by atoms with Gasteiger partial charge in [0.05, 0.1) is 0 Å². The average molecular weight is 234 g/mol. The lowest BCUT2D eigenvalue weighted by Crippen LogP contribution is -1.89. The molecule has 1 aromatic heterocycles. The van der Waals surface area contributed by atoms with Crippen LogP contribution in [0, 0.1) is 6.92 Å². The Labute approximate surface area is 106 Å². The molecule has 3 rings (SSSR count). The summed E-state index contributed by atoms with van der Waals surface area (Å²) in [4.78, 5) is 4.16. The number of rotatable bonds is 1. The average Bonchev–Trinajstić information content (AvgIpc) is 2.37.